The molecular formula is C28H27FN4OS. The Bertz CT molecular complexity index is 1350. The van der Waals surface area contributed by atoms with Gasteiger partial charge in [-0.1, -0.05) is 30.3 Å². The highest BCUT2D eigenvalue weighted by atomic mass is 32.1. The van der Waals surface area contributed by atoms with Crippen LogP contribution >= 0.6 is 11.3 Å². The number of aromatic nitrogens is 2. The van der Waals surface area contributed by atoms with Gasteiger partial charge in [0.25, 0.3) is 5.91 Å². The summed E-state index contributed by atoms with van der Waals surface area (Å²) < 4.78 is 14.4. The van der Waals surface area contributed by atoms with Crippen LogP contribution in [0.4, 0.5) is 15.3 Å². The average Bonchev–Trinajstić information content (AvgIpc) is 3.20. The SMILES string of the molecule is Cc1cc(C)nc(NC(c2cccc(F)c2)c2c(NC(=O)c3ccccc3)sc3c2CCCC3)n1. The Morgan fingerprint density at radius 1 is 0.971 bits per heavy atom. The Morgan fingerprint density at radius 2 is 1.71 bits per heavy atom. The molecule has 0 fully saturated rings. The molecule has 2 aromatic heterocycles. The normalized spacial score (nSPS) is 13.7. The molecule has 1 aliphatic carbocycles. The summed E-state index contributed by atoms with van der Waals surface area (Å²) in [6.07, 6.45) is 4.10. The molecule has 1 aliphatic rings. The van der Waals surface area contributed by atoms with Crippen molar-refractivity contribution in [3.63, 3.8) is 0 Å². The topological polar surface area (TPSA) is 66.9 Å². The van der Waals surface area contributed by atoms with E-state index in [1.54, 1.807) is 29.5 Å². The van der Waals surface area contributed by atoms with E-state index in [2.05, 4.69) is 20.6 Å². The van der Waals surface area contributed by atoms with E-state index in [0.29, 0.717) is 11.5 Å². The summed E-state index contributed by atoms with van der Waals surface area (Å²) in [4.78, 5) is 23.6. The fraction of sp³-hybridized carbons (Fsp3) is 0.250. The number of carbonyl (C=O) groups excluding carboxylic acids is 1. The Kier molecular flexibility index (Phi) is 6.59. The number of anilines is 2. The molecule has 1 amide bonds. The van der Waals surface area contributed by atoms with Gasteiger partial charge in [0.05, 0.1) is 6.04 Å². The Balaban J connectivity index is 1.63. The molecule has 0 aliphatic heterocycles. The van der Waals surface area contributed by atoms with E-state index in [0.717, 1.165) is 53.2 Å². The third kappa shape index (κ3) is 5.10. The maximum atomic E-state index is 14.4. The van der Waals surface area contributed by atoms with Crippen molar-refractivity contribution in [1.82, 2.24) is 9.97 Å². The first kappa shape index (κ1) is 23.2. The lowest BCUT2D eigenvalue weighted by Crippen LogP contribution is -2.20. The van der Waals surface area contributed by atoms with E-state index < -0.39 is 6.04 Å². The monoisotopic (exact) mass is 486 g/mol. The molecule has 35 heavy (non-hydrogen) atoms. The molecule has 178 valence electrons. The fourth-order valence-electron chi connectivity index (χ4n) is 4.68. The predicted octanol–water partition coefficient (Wildman–Crippen LogP) is 6.63. The van der Waals surface area contributed by atoms with Gasteiger partial charge in [0.1, 0.15) is 10.8 Å². The van der Waals surface area contributed by atoms with Gasteiger partial charge in [-0.15, -0.1) is 11.3 Å². The average molecular weight is 487 g/mol. The molecule has 0 radical (unpaired) electrons. The summed E-state index contributed by atoms with van der Waals surface area (Å²) in [5.41, 5.74) is 5.26. The summed E-state index contributed by atoms with van der Waals surface area (Å²) in [5, 5.41) is 7.43. The molecule has 0 saturated heterocycles. The smallest absolute Gasteiger partial charge is 0.256 e. The van der Waals surface area contributed by atoms with Crippen LogP contribution in [-0.2, 0) is 12.8 Å². The lowest BCUT2D eigenvalue weighted by atomic mass is 9.89. The van der Waals surface area contributed by atoms with Crippen molar-refractivity contribution in [2.24, 2.45) is 0 Å². The number of benzene rings is 2. The van der Waals surface area contributed by atoms with Crippen molar-refractivity contribution in [3.8, 4) is 0 Å². The third-order valence-electron chi connectivity index (χ3n) is 6.20. The van der Waals surface area contributed by atoms with Crippen LogP contribution in [0, 0.1) is 19.7 Å². The molecule has 0 bridgehead atoms. The maximum Gasteiger partial charge on any atom is 0.256 e. The Morgan fingerprint density at radius 3 is 2.46 bits per heavy atom. The third-order valence-corrected chi connectivity index (χ3v) is 7.42. The predicted molar refractivity (Wildman–Crippen MR) is 139 cm³/mol. The van der Waals surface area contributed by atoms with Crippen molar-refractivity contribution in [2.75, 3.05) is 10.6 Å². The largest absolute Gasteiger partial charge is 0.343 e. The minimum Gasteiger partial charge on any atom is -0.343 e. The number of nitrogens with one attached hydrogen (secondary N) is 2. The molecule has 0 spiro atoms. The van der Waals surface area contributed by atoms with Crippen molar-refractivity contribution in [3.05, 3.63) is 105 Å². The van der Waals surface area contributed by atoms with E-state index in [1.165, 1.54) is 22.6 Å². The summed E-state index contributed by atoms with van der Waals surface area (Å²) >= 11 is 1.62. The van der Waals surface area contributed by atoms with Crippen LogP contribution < -0.4 is 10.6 Å². The molecule has 5 rings (SSSR count). The first-order valence-electron chi connectivity index (χ1n) is 11.8. The number of aryl methyl sites for hydroxylation is 3. The van der Waals surface area contributed by atoms with Crippen molar-refractivity contribution < 1.29 is 9.18 Å². The molecule has 2 N–H and O–H groups in total. The molecule has 0 saturated carbocycles. The number of thiophene rings is 1. The number of fused-ring (bicyclic) bond motifs is 1. The van der Waals surface area contributed by atoms with Crippen LogP contribution in [0.1, 0.15) is 62.2 Å². The molecule has 4 aromatic rings. The van der Waals surface area contributed by atoms with Crippen LogP contribution in [0.2, 0.25) is 0 Å². The maximum absolute atomic E-state index is 14.4. The van der Waals surface area contributed by atoms with Crippen LogP contribution in [0.15, 0.2) is 60.7 Å². The van der Waals surface area contributed by atoms with E-state index in [4.69, 9.17) is 0 Å². The van der Waals surface area contributed by atoms with Gasteiger partial charge >= 0.3 is 0 Å². The highest BCUT2D eigenvalue weighted by molar-refractivity contribution is 7.16. The number of hydrogen-bond donors (Lipinski definition) is 2. The van der Waals surface area contributed by atoms with E-state index in [1.807, 2.05) is 44.2 Å². The quantitative estimate of drug-likeness (QED) is 0.321. The zero-order chi connectivity index (χ0) is 24.4. The number of amides is 1. The van der Waals surface area contributed by atoms with Gasteiger partial charge in [-0.2, -0.15) is 0 Å². The van der Waals surface area contributed by atoms with Gasteiger partial charge in [0.15, 0.2) is 0 Å². The van der Waals surface area contributed by atoms with Crippen molar-refractivity contribution in [1.29, 1.82) is 0 Å². The Hall–Kier alpha value is -3.58. The van der Waals surface area contributed by atoms with Crippen LogP contribution in [0.25, 0.3) is 0 Å². The fourth-order valence-corrected chi connectivity index (χ4v) is 6.00. The zero-order valence-electron chi connectivity index (χ0n) is 19.8. The van der Waals surface area contributed by atoms with Gasteiger partial charge in [-0.05, 0) is 81.0 Å². The Labute approximate surface area is 208 Å². The molecule has 7 heteroatoms. The number of rotatable bonds is 6. The van der Waals surface area contributed by atoms with Gasteiger partial charge in [0, 0.05) is 27.4 Å². The van der Waals surface area contributed by atoms with E-state index in [9.17, 15) is 9.18 Å². The van der Waals surface area contributed by atoms with Gasteiger partial charge < -0.3 is 10.6 Å². The highest BCUT2D eigenvalue weighted by Gasteiger charge is 2.29. The first-order chi connectivity index (χ1) is 17.0. The number of nitrogens with zero attached hydrogens (tertiary/aromatic N) is 2. The lowest BCUT2D eigenvalue weighted by molar-refractivity contribution is 0.102. The molecule has 5 nitrogen and oxygen atoms in total. The molecule has 2 heterocycles. The minimum absolute atomic E-state index is 0.161. The van der Waals surface area contributed by atoms with Gasteiger partial charge in [0.2, 0.25) is 5.95 Å². The molecule has 2 aromatic carbocycles. The number of carbonyl (C=O) groups is 1. The number of halogens is 1. The zero-order valence-corrected chi connectivity index (χ0v) is 20.6. The van der Waals surface area contributed by atoms with Gasteiger partial charge in [-0.3, -0.25) is 4.79 Å². The van der Waals surface area contributed by atoms with Crippen LogP contribution in [-0.4, -0.2) is 15.9 Å². The minimum atomic E-state index is -0.420. The summed E-state index contributed by atoms with van der Waals surface area (Å²) in [5.74, 6) is 0.00792. The van der Waals surface area contributed by atoms with E-state index >= 15 is 0 Å². The van der Waals surface area contributed by atoms with E-state index in [-0.39, 0.29) is 11.7 Å². The standard InChI is InChI=1S/C28H27FN4OS/c1-17-15-18(2)31-28(30-17)32-25(20-11-8-12-21(29)16-20)24-22-13-6-7-14-23(22)35-27(24)33-26(34)19-9-4-3-5-10-19/h3-5,8-12,15-16,25H,6-7,13-14H2,1-2H3,(H,33,34)(H,30,31,32). The van der Waals surface area contributed by atoms with Crippen molar-refractivity contribution >= 4 is 28.2 Å². The number of hydrogen-bond acceptors (Lipinski definition) is 5. The highest BCUT2D eigenvalue weighted by Crippen LogP contribution is 2.44. The summed E-state index contributed by atoms with van der Waals surface area (Å²) in [6.45, 7) is 3.85. The second-order valence-electron chi connectivity index (χ2n) is 8.88. The molecular weight excluding hydrogens is 459 g/mol. The summed E-state index contributed by atoms with van der Waals surface area (Å²) in [7, 11) is 0. The first-order valence-corrected chi connectivity index (χ1v) is 12.6. The molecule has 1 unspecified atom stereocenters. The molecule has 1 atom stereocenters. The van der Waals surface area contributed by atoms with Crippen LogP contribution in [0.5, 0.6) is 0 Å². The lowest BCUT2D eigenvalue weighted by Gasteiger charge is -2.24. The van der Waals surface area contributed by atoms with Crippen LogP contribution in [0.3, 0.4) is 0 Å². The van der Waals surface area contributed by atoms with Gasteiger partial charge in [-0.25, -0.2) is 14.4 Å². The van der Waals surface area contributed by atoms with Crippen molar-refractivity contribution in [2.45, 2.75) is 45.6 Å². The second-order valence-corrected chi connectivity index (χ2v) is 9.99. The second kappa shape index (κ2) is 9.96. The summed E-state index contributed by atoms with van der Waals surface area (Å²) in [6, 6.07) is 17.3.